The highest BCUT2D eigenvalue weighted by atomic mass is 16.5. The molecule has 0 heterocycles. The van der Waals surface area contributed by atoms with Crippen LogP contribution in [0.25, 0.3) is 0 Å². The molecule has 0 amide bonds. The van der Waals surface area contributed by atoms with Crippen LogP contribution in [0.15, 0.2) is 12.2 Å². The van der Waals surface area contributed by atoms with Crippen molar-refractivity contribution in [2.24, 2.45) is 34.5 Å². The highest BCUT2D eigenvalue weighted by Crippen LogP contribution is 2.95. The van der Waals surface area contributed by atoms with E-state index in [0.29, 0.717) is 5.78 Å². The fourth-order valence-electron chi connectivity index (χ4n) is 4.97. The average Bonchev–Trinajstić information content (AvgIpc) is 3.08. The van der Waals surface area contributed by atoms with Crippen molar-refractivity contribution in [3.8, 4) is 0 Å². The van der Waals surface area contributed by atoms with Crippen molar-refractivity contribution in [2.75, 3.05) is 7.11 Å². The monoisotopic (exact) mass is 234 g/mol. The van der Waals surface area contributed by atoms with Crippen LogP contribution in [0, 0.1) is 34.5 Å². The second-order valence-corrected chi connectivity index (χ2v) is 6.10. The maximum atomic E-state index is 12.2. The van der Waals surface area contributed by atoms with E-state index in [0.717, 1.165) is 5.57 Å². The predicted octanol–water partition coefficient (Wildman–Crippen LogP) is 1.82. The molecule has 92 valence electrons. The van der Waals surface area contributed by atoms with Gasteiger partial charge in [0.15, 0.2) is 0 Å². The van der Waals surface area contributed by atoms with Crippen molar-refractivity contribution >= 4 is 11.8 Å². The first-order chi connectivity index (χ1) is 7.86. The van der Waals surface area contributed by atoms with Crippen LogP contribution in [-0.2, 0) is 14.3 Å². The van der Waals surface area contributed by atoms with Crippen LogP contribution in [0.1, 0.15) is 20.8 Å². The first-order valence-corrected chi connectivity index (χ1v) is 6.13. The maximum Gasteiger partial charge on any atom is 0.309 e. The van der Waals surface area contributed by atoms with Crippen molar-refractivity contribution in [3.05, 3.63) is 12.2 Å². The van der Waals surface area contributed by atoms with Crippen LogP contribution in [-0.4, -0.2) is 18.9 Å². The number of esters is 1. The van der Waals surface area contributed by atoms with E-state index in [4.69, 9.17) is 4.74 Å². The average molecular weight is 234 g/mol. The molecule has 0 N–H and O–H groups in total. The van der Waals surface area contributed by atoms with Gasteiger partial charge in [0.05, 0.1) is 13.0 Å². The molecule has 3 nitrogen and oxygen atoms in total. The molecule has 3 rings (SSSR count). The van der Waals surface area contributed by atoms with E-state index in [2.05, 4.69) is 13.5 Å². The standard InChI is InChI=1S/C14H18O3/c1-6(2)8-9-10(15)7(3)13(4)11(12(16)17-5)14(8,9)13/h7-9,11H,1H2,2-5H3/t7-,8+,9?,11?,13-,14-/m1/s1. The molecule has 3 aliphatic rings. The van der Waals surface area contributed by atoms with Crippen LogP contribution in [0.2, 0.25) is 0 Å². The van der Waals surface area contributed by atoms with E-state index in [1.807, 2.05) is 13.8 Å². The van der Waals surface area contributed by atoms with Crippen LogP contribution < -0.4 is 0 Å². The third-order valence-corrected chi connectivity index (χ3v) is 5.78. The lowest BCUT2D eigenvalue weighted by Crippen LogP contribution is -2.24. The summed E-state index contributed by atoms with van der Waals surface area (Å²) in [6.07, 6.45) is 0. The first kappa shape index (κ1) is 11.0. The van der Waals surface area contributed by atoms with E-state index >= 15 is 0 Å². The molecule has 3 fully saturated rings. The molecule has 17 heavy (non-hydrogen) atoms. The van der Waals surface area contributed by atoms with E-state index in [1.54, 1.807) is 0 Å². The van der Waals surface area contributed by atoms with Gasteiger partial charge in [-0.25, -0.2) is 0 Å². The molecule has 0 aliphatic heterocycles. The molecule has 6 atom stereocenters. The molecule has 1 spiro atoms. The summed E-state index contributed by atoms with van der Waals surface area (Å²) < 4.78 is 4.90. The Hall–Kier alpha value is -1.12. The van der Waals surface area contributed by atoms with E-state index in [-0.39, 0.29) is 40.5 Å². The third-order valence-electron chi connectivity index (χ3n) is 5.78. The number of ether oxygens (including phenoxy) is 1. The molecule has 0 bridgehead atoms. The number of ketones is 1. The lowest BCUT2D eigenvalue weighted by atomic mass is 9.85. The summed E-state index contributed by atoms with van der Waals surface area (Å²) in [5, 5.41) is 0. The Morgan fingerprint density at radius 1 is 1.47 bits per heavy atom. The Morgan fingerprint density at radius 2 is 2.06 bits per heavy atom. The van der Waals surface area contributed by atoms with Gasteiger partial charge in [-0.05, 0) is 18.3 Å². The van der Waals surface area contributed by atoms with Gasteiger partial charge in [-0.3, -0.25) is 9.59 Å². The van der Waals surface area contributed by atoms with Gasteiger partial charge in [0.2, 0.25) is 0 Å². The Kier molecular flexibility index (Phi) is 1.72. The number of hydrogen-bond acceptors (Lipinski definition) is 3. The summed E-state index contributed by atoms with van der Waals surface area (Å²) in [5.41, 5.74) is 0.710. The Morgan fingerprint density at radius 3 is 2.53 bits per heavy atom. The minimum atomic E-state index is -0.189. The Bertz CT molecular complexity index is 466. The molecule has 0 aromatic carbocycles. The summed E-state index contributed by atoms with van der Waals surface area (Å²) in [7, 11) is 1.43. The van der Waals surface area contributed by atoms with Gasteiger partial charge in [-0.15, -0.1) is 0 Å². The zero-order valence-electron chi connectivity index (χ0n) is 10.7. The topological polar surface area (TPSA) is 43.4 Å². The molecule has 0 aromatic rings. The Balaban J connectivity index is 2.04. The highest BCUT2D eigenvalue weighted by molar-refractivity contribution is 6.00. The highest BCUT2D eigenvalue weighted by Gasteiger charge is 2.99. The van der Waals surface area contributed by atoms with Gasteiger partial charge in [0.25, 0.3) is 0 Å². The van der Waals surface area contributed by atoms with Crippen molar-refractivity contribution in [3.63, 3.8) is 0 Å². The lowest BCUT2D eigenvalue weighted by Gasteiger charge is -2.17. The fourth-order valence-corrected chi connectivity index (χ4v) is 4.97. The summed E-state index contributed by atoms with van der Waals surface area (Å²) in [5.74, 6) is 0.289. The second-order valence-electron chi connectivity index (χ2n) is 6.10. The Labute approximate surface area is 101 Å². The summed E-state index contributed by atoms with van der Waals surface area (Å²) in [6, 6.07) is 0. The third kappa shape index (κ3) is 0.791. The molecule has 3 aliphatic carbocycles. The summed E-state index contributed by atoms with van der Waals surface area (Å²) in [4.78, 5) is 24.0. The smallest absolute Gasteiger partial charge is 0.309 e. The van der Waals surface area contributed by atoms with Crippen LogP contribution in [0.5, 0.6) is 0 Å². The molecule has 3 heteroatoms. The van der Waals surface area contributed by atoms with Gasteiger partial charge in [0.1, 0.15) is 5.78 Å². The molecule has 3 saturated carbocycles. The normalized spacial score (nSPS) is 53.8. The number of carbonyl (C=O) groups excluding carboxylic acids is 2. The van der Waals surface area contributed by atoms with E-state index in [1.165, 1.54) is 7.11 Å². The van der Waals surface area contributed by atoms with Crippen molar-refractivity contribution < 1.29 is 14.3 Å². The number of rotatable bonds is 2. The molecule has 0 saturated heterocycles. The predicted molar refractivity (Wildman–Crippen MR) is 62.0 cm³/mol. The lowest BCUT2D eigenvalue weighted by molar-refractivity contribution is -0.144. The van der Waals surface area contributed by atoms with Crippen molar-refractivity contribution in [1.29, 1.82) is 0 Å². The molecular formula is C14H18O3. The first-order valence-electron chi connectivity index (χ1n) is 6.13. The van der Waals surface area contributed by atoms with Crippen LogP contribution >= 0.6 is 0 Å². The van der Waals surface area contributed by atoms with E-state index < -0.39 is 0 Å². The summed E-state index contributed by atoms with van der Waals surface area (Å²) >= 11 is 0. The zero-order valence-corrected chi connectivity index (χ0v) is 10.7. The number of methoxy groups -OCH3 is 1. The maximum absolute atomic E-state index is 12.2. The number of Topliss-reactive ketones (excluding diaryl/α,β-unsaturated/α-hetero) is 1. The number of hydrogen-bond donors (Lipinski definition) is 0. The van der Waals surface area contributed by atoms with Gasteiger partial charge in [0, 0.05) is 17.3 Å². The fraction of sp³-hybridized carbons (Fsp3) is 0.714. The van der Waals surface area contributed by atoms with E-state index in [9.17, 15) is 9.59 Å². The van der Waals surface area contributed by atoms with Crippen molar-refractivity contribution in [2.45, 2.75) is 20.8 Å². The SMILES string of the molecule is C=C(C)[C@H]1C2C(=O)[C@@H](C)[C@]3(C)C(C(=O)OC)[C@]213. The van der Waals surface area contributed by atoms with Gasteiger partial charge < -0.3 is 4.74 Å². The zero-order chi connectivity index (χ0) is 12.7. The minimum absolute atomic E-state index is 0.0211. The minimum Gasteiger partial charge on any atom is -0.469 e. The van der Waals surface area contributed by atoms with Crippen LogP contribution in [0.4, 0.5) is 0 Å². The quantitative estimate of drug-likeness (QED) is 0.540. The van der Waals surface area contributed by atoms with Gasteiger partial charge in [-0.2, -0.15) is 0 Å². The molecule has 0 aromatic heterocycles. The molecule has 0 radical (unpaired) electrons. The van der Waals surface area contributed by atoms with Gasteiger partial charge >= 0.3 is 5.97 Å². The number of carbonyl (C=O) groups is 2. The number of allylic oxidation sites excluding steroid dienone is 1. The van der Waals surface area contributed by atoms with Gasteiger partial charge in [-0.1, -0.05) is 26.0 Å². The van der Waals surface area contributed by atoms with Crippen molar-refractivity contribution in [1.82, 2.24) is 0 Å². The second kappa shape index (κ2) is 2.65. The molecule has 2 unspecified atom stereocenters. The summed E-state index contributed by atoms with van der Waals surface area (Å²) in [6.45, 7) is 9.96. The largest absolute Gasteiger partial charge is 0.469 e. The molecular weight excluding hydrogens is 216 g/mol. The van der Waals surface area contributed by atoms with Crippen LogP contribution in [0.3, 0.4) is 0 Å².